The molecule has 0 amide bonds. The molecule has 1 unspecified atom stereocenters. The Morgan fingerprint density at radius 1 is 1.46 bits per heavy atom. The van der Waals surface area contributed by atoms with Crippen LogP contribution in [-0.2, 0) is 0 Å². The molecule has 1 aromatic rings. The highest BCUT2D eigenvalue weighted by molar-refractivity contribution is 5.09. The van der Waals surface area contributed by atoms with Gasteiger partial charge >= 0.3 is 0 Å². The van der Waals surface area contributed by atoms with Gasteiger partial charge in [0, 0.05) is 37.1 Å². The van der Waals surface area contributed by atoms with Gasteiger partial charge in [0.2, 0.25) is 0 Å². The highest BCUT2D eigenvalue weighted by Gasteiger charge is 2.30. The molecule has 13 heavy (non-hydrogen) atoms. The van der Waals surface area contributed by atoms with Gasteiger partial charge in [-0.25, -0.2) is 14.4 Å². The van der Waals surface area contributed by atoms with E-state index in [1.165, 1.54) is 6.33 Å². The van der Waals surface area contributed by atoms with Crippen LogP contribution in [0.3, 0.4) is 0 Å². The highest BCUT2D eigenvalue weighted by Crippen LogP contribution is 2.25. The second-order valence-electron chi connectivity index (χ2n) is 3.40. The van der Waals surface area contributed by atoms with E-state index in [0.29, 0.717) is 13.1 Å². The van der Waals surface area contributed by atoms with Crippen molar-refractivity contribution in [2.75, 3.05) is 13.1 Å². The van der Waals surface area contributed by atoms with Gasteiger partial charge < -0.3 is 0 Å². The average Bonchev–Trinajstić information content (AvgIpc) is 2.13. The fraction of sp³-hybridized carbons (Fsp3) is 0.556. The molecule has 2 rings (SSSR count). The standard InChI is InChI=1S/C9H12FN3/c1-7(13-4-9(10)5-13)8-2-11-6-12-3-8/h2-3,6-7,9H,4-5H2,1H3. The van der Waals surface area contributed by atoms with Crippen LogP contribution in [0, 0.1) is 0 Å². The van der Waals surface area contributed by atoms with Crippen molar-refractivity contribution >= 4 is 0 Å². The van der Waals surface area contributed by atoms with E-state index >= 15 is 0 Å². The van der Waals surface area contributed by atoms with Gasteiger partial charge in [-0.05, 0) is 6.92 Å². The zero-order chi connectivity index (χ0) is 9.26. The molecule has 0 saturated carbocycles. The summed E-state index contributed by atoms with van der Waals surface area (Å²) in [6, 6.07) is 0.230. The Balaban J connectivity index is 2.02. The zero-order valence-electron chi connectivity index (χ0n) is 7.52. The number of hydrogen-bond donors (Lipinski definition) is 0. The molecule has 0 radical (unpaired) electrons. The summed E-state index contributed by atoms with van der Waals surface area (Å²) in [6.07, 6.45) is 4.42. The molecule has 0 N–H and O–H groups in total. The second-order valence-corrected chi connectivity index (χ2v) is 3.40. The lowest BCUT2D eigenvalue weighted by molar-refractivity contribution is 0.0328. The van der Waals surface area contributed by atoms with Crippen LogP contribution in [0.2, 0.25) is 0 Å². The zero-order valence-corrected chi connectivity index (χ0v) is 7.52. The first-order chi connectivity index (χ1) is 6.27. The molecule has 1 atom stereocenters. The Morgan fingerprint density at radius 2 is 2.08 bits per heavy atom. The maximum Gasteiger partial charge on any atom is 0.125 e. The van der Waals surface area contributed by atoms with E-state index in [-0.39, 0.29) is 6.04 Å². The van der Waals surface area contributed by atoms with Gasteiger partial charge in [-0.1, -0.05) is 0 Å². The summed E-state index contributed by atoms with van der Waals surface area (Å²) in [5, 5.41) is 0. The molecule has 0 aliphatic carbocycles. The Hall–Kier alpha value is -1.03. The van der Waals surface area contributed by atoms with Gasteiger partial charge in [0.05, 0.1) is 0 Å². The molecule has 70 valence electrons. The van der Waals surface area contributed by atoms with Crippen LogP contribution in [0.25, 0.3) is 0 Å². The predicted octanol–water partition coefficient (Wildman–Crippen LogP) is 1.19. The number of rotatable bonds is 2. The number of nitrogens with zero attached hydrogens (tertiary/aromatic N) is 3. The summed E-state index contributed by atoms with van der Waals surface area (Å²) in [7, 11) is 0. The Morgan fingerprint density at radius 3 is 2.62 bits per heavy atom. The molecule has 2 heterocycles. The molecule has 0 aromatic carbocycles. The third-order valence-corrected chi connectivity index (χ3v) is 2.48. The summed E-state index contributed by atoms with van der Waals surface area (Å²) in [6.45, 7) is 3.12. The topological polar surface area (TPSA) is 29.0 Å². The molecule has 4 heteroatoms. The van der Waals surface area contributed by atoms with Crippen molar-refractivity contribution in [3.05, 3.63) is 24.3 Å². The van der Waals surface area contributed by atoms with E-state index in [1.807, 2.05) is 6.92 Å². The molecular formula is C9H12FN3. The number of likely N-dealkylation sites (tertiary alicyclic amines) is 1. The lowest BCUT2D eigenvalue weighted by Crippen LogP contribution is -2.49. The first-order valence-corrected chi connectivity index (χ1v) is 4.40. The first kappa shape index (κ1) is 8.56. The molecule has 1 aliphatic rings. The summed E-state index contributed by atoms with van der Waals surface area (Å²) in [4.78, 5) is 9.94. The van der Waals surface area contributed by atoms with E-state index in [9.17, 15) is 4.39 Å². The van der Waals surface area contributed by atoms with Crippen molar-refractivity contribution in [1.82, 2.24) is 14.9 Å². The Kier molecular flexibility index (Phi) is 2.22. The van der Waals surface area contributed by atoms with Crippen LogP contribution < -0.4 is 0 Å². The van der Waals surface area contributed by atoms with Gasteiger partial charge in [-0.15, -0.1) is 0 Å². The molecule has 1 aromatic heterocycles. The molecule has 1 aliphatic heterocycles. The van der Waals surface area contributed by atoms with Crippen LogP contribution in [0.1, 0.15) is 18.5 Å². The third kappa shape index (κ3) is 1.67. The molecule has 0 spiro atoms. The molecular weight excluding hydrogens is 169 g/mol. The average molecular weight is 181 g/mol. The normalized spacial score (nSPS) is 21.1. The minimum absolute atomic E-state index is 0.230. The number of hydrogen-bond acceptors (Lipinski definition) is 3. The second kappa shape index (κ2) is 3.38. The van der Waals surface area contributed by atoms with Crippen molar-refractivity contribution in [2.24, 2.45) is 0 Å². The van der Waals surface area contributed by atoms with Crippen LogP contribution in [0.4, 0.5) is 4.39 Å². The van der Waals surface area contributed by atoms with Crippen molar-refractivity contribution in [1.29, 1.82) is 0 Å². The van der Waals surface area contributed by atoms with Gasteiger partial charge in [0.25, 0.3) is 0 Å². The van der Waals surface area contributed by atoms with Crippen LogP contribution in [0.15, 0.2) is 18.7 Å². The maximum atomic E-state index is 12.6. The molecule has 1 saturated heterocycles. The largest absolute Gasteiger partial charge is 0.291 e. The fourth-order valence-electron chi connectivity index (χ4n) is 1.51. The van der Waals surface area contributed by atoms with Crippen molar-refractivity contribution in [2.45, 2.75) is 19.1 Å². The van der Waals surface area contributed by atoms with Crippen molar-refractivity contribution in [3.8, 4) is 0 Å². The summed E-state index contributed by atoms with van der Waals surface area (Å²) in [5.74, 6) is 0. The fourth-order valence-corrected chi connectivity index (χ4v) is 1.51. The number of aromatic nitrogens is 2. The van der Waals surface area contributed by atoms with Crippen LogP contribution >= 0.6 is 0 Å². The third-order valence-electron chi connectivity index (χ3n) is 2.48. The smallest absolute Gasteiger partial charge is 0.125 e. The van der Waals surface area contributed by atoms with Crippen LogP contribution in [0.5, 0.6) is 0 Å². The SMILES string of the molecule is CC(c1cncnc1)N1CC(F)C1. The Labute approximate surface area is 76.6 Å². The summed E-state index contributed by atoms with van der Waals surface area (Å²) >= 11 is 0. The van der Waals surface area contributed by atoms with Crippen molar-refractivity contribution in [3.63, 3.8) is 0 Å². The monoisotopic (exact) mass is 181 g/mol. The van der Waals surface area contributed by atoms with E-state index < -0.39 is 6.17 Å². The van der Waals surface area contributed by atoms with Gasteiger partial charge in [-0.3, -0.25) is 4.90 Å². The van der Waals surface area contributed by atoms with Gasteiger partial charge in [0.1, 0.15) is 12.5 Å². The Bertz CT molecular complexity index is 271. The predicted molar refractivity (Wildman–Crippen MR) is 46.9 cm³/mol. The quantitative estimate of drug-likeness (QED) is 0.686. The first-order valence-electron chi connectivity index (χ1n) is 4.40. The van der Waals surface area contributed by atoms with E-state index in [4.69, 9.17) is 0 Å². The van der Waals surface area contributed by atoms with E-state index in [1.54, 1.807) is 12.4 Å². The van der Waals surface area contributed by atoms with Gasteiger partial charge in [-0.2, -0.15) is 0 Å². The minimum Gasteiger partial charge on any atom is -0.291 e. The van der Waals surface area contributed by atoms with E-state index in [0.717, 1.165) is 5.56 Å². The van der Waals surface area contributed by atoms with Crippen LogP contribution in [-0.4, -0.2) is 34.1 Å². The molecule has 3 nitrogen and oxygen atoms in total. The summed E-state index contributed by atoms with van der Waals surface area (Å²) in [5.41, 5.74) is 1.05. The molecule has 0 bridgehead atoms. The number of alkyl halides is 1. The minimum atomic E-state index is -0.646. The number of halogens is 1. The van der Waals surface area contributed by atoms with E-state index in [2.05, 4.69) is 14.9 Å². The molecule has 1 fully saturated rings. The lowest BCUT2D eigenvalue weighted by atomic mass is 10.1. The highest BCUT2D eigenvalue weighted by atomic mass is 19.1. The maximum absolute atomic E-state index is 12.6. The van der Waals surface area contributed by atoms with Gasteiger partial charge in [0.15, 0.2) is 0 Å². The summed E-state index contributed by atoms with van der Waals surface area (Å²) < 4.78 is 12.6. The van der Waals surface area contributed by atoms with Crippen molar-refractivity contribution < 1.29 is 4.39 Å². The lowest BCUT2D eigenvalue weighted by Gasteiger charge is -2.38.